The van der Waals surface area contributed by atoms with E-state index in [9.17, 15) is 9.59 Å². The molecule has 0 saturated carbocycles. The van der Waals surface area contributed by atoms with Gasteiger partial charge in [0, 0.05) is 25.7 Å². The summed E-state index contributed by atoms with van der Waals surface area (Å²) in [4.78, 5) is 20.6. The Balaban J connectivity index is 0. The van der Waals surface area contributed by atoms with E-state index in [-0.39, 0.29) is 0 Å². The molecule has 0 fully saturated rings. The molecule has 0 spiro atoms. The molecule has 0 radical (unpaired) electrons. The number of aliphatic carboxylic acids is 2. The van der Waals surface area contributed by atoms with Gasteiger partial charge in [0.15, 0.2) is 0 Å². The summed E-state index contributed by atoms with van der Waals surface area (Å²) in [6.07, 6.45) is 40.3. The minimum absolute atomic E-state index is 0.319. The molecule has 248 valence electrons. The number of rotatable bonds is 32. The fourth-order valence-electron chi connectivity index (χ4n) is 4.89. The number of carbonyl (C=O) groups is 2. The average Bonchev–Trinajstić information content (AvgIpc) is 2.97. The minimum atomic E-state index is -0.844. The third-order valence-corrected chi connectivity index (χ3v) is 7.50. The summed E-state index contributed by atoms with van der Waals surface area (Å²) in [6.45, 7) is 0.679. The van der Waals surface area contributed by atoms with Crippen LogP contribution in [-0.2, 0) is 9.59 Å². The third-order valence-electron chi connectivity index (χ3n) is 7.50. The zero-order valence-electron chi connectivity index (χ0n) is 27.1. The van der Waals surface area contributed by atoms with Crippen LogP contribution in [0.15, 0.2) is 24.3 Å². The Morgan fingerprint density at radius 3 is 0.976 bits per heavy atom. The highest BCUT2D eigenvalue weighted by Crippen LogP contribution is 2.13. The molecule has 42 heavy (non-hydrogen) atoms. The molecule has 0 saturated heterocycles. The second kappa shape index (κ2) is 39.3. The van der Waals surface area contributed by atoms with Crippen molar-refractivity contribution >= 4 is 11.9 Å². The summed E-state index contributed by atoms with van der Waals surface area (Å²) in [5.74, 6) is -1.52. The molecule has 0 aliphatic heterocycles. The van der Waals surface area contributed by atoms with Crippen LogP contribution in [0.4, 0.5) is 0 Å². The molecule has 0 rings (SSSR count). The van der Waals surface area contributed by atoms with E-state index in [0.29, 0.717) is 19.6 Å². The maximum absolute atomic E-state index is 10.3. The van der Waals surface area contributed by atoms with Crippen LogP contribution in [0.2, 0.25) is 0 Å². The topological polar surface area (TPSA) is 115 Å². The van der Waals surface area contributed by atoms with Crippen LogP contribution in [0.5, 0.6) is 0 Å². The SMILES string of the molecule is O=C(O)/C=C/CCCCCCCCCCCCCCCO.O=C(O)CCCCCCCC=CCCCCCCCCO. The summed E-state index contributed by atoms with van der Waals surface area (Å²) in [5, 5.41) is 34.3. The van der Waals surface area contributed by atoms with E-state index in [0.717, 1.165) is 51.4 Å². The van der Waals surface area contributed by atoms with Crippen LogP contribution in [0.25, 0.3) is 0 Å². The Hall–Kier alpha value is -1.66. The van der Waals surface area contributed by atoms with Crippen molar-refractivity contribution in [3.8, 4) is 0 Å². The van der Waals surface area contributed by atoms with Gasteiger partial charge in [-0.15, -0.1) is 0 Å². The number of carboxylic acids is 2. The first-order valence-electron chi connectivity index (χ1n) is 17.5. The van der Waals surface area contributed by atoms with E-state index < -0.39 is 11.9 Å². The number of hydrogen-bond donors (Lipinski definition) is 4. The Kier molecular flexibility index (Phi) is 39.8. The highest BCUT2D eigenvalue weighted by Gasteiger charge is 1.96. The van der Waals surface area contributed by atoms with Gasteiger partial charge in [-0.05, 0) is 57.8 Å². The maximum atomic E-state index is 10.3. The predicted molar refractivity (Wildman–Crippen MR) is 177 cm³/mol. The normalized spacial score (nSPS) is 11.3. The second-order valence-electron chi connectivity index (χ2n) is 11.7. The molecule has 0 heterocycles. The van der Waals surface area contributed by atoms with E-state index in [4.69, 9.17) is 20.4 Å². The van der Waals surface area contributed by atoms with E-state index in [2.05, 4.69) is 12.2 Å². The first-order valence-corrected chi connectivity index (χ1v) is 17.5. The highest BCUT2D eigenvalue weighted by atomic mass is 16.4. The van der Waals surface area contributed by atoms with Crippen LogP contribution < -0.4 is 0 Å². The van der Waals surface area contributed by atoms with Gasteiger partial charge in [-0.3, -0.25) is 4.79 Å². The number of carboxylic acid groups (broad SMARTS) is 2. The molecule has 0 unspecified atom stereocenters. The Bertz CT molecular complexity index is 602. The van der Waals surface area contributed by atoms with Gasteiger partial charge < -0.3 is 20.4 Å². The van der Waals surface area contributed by atoms with Crippen molar-refractivity contribution in [3.05, 3.63) is 24.3 Å². The van der Waals surface area contributed by atoms with Gasteiger partial charge in [0.2, 0.25) is 0 Å². The lowest BCUT2D eigenvalue weighted by molar-refractivity contribution is -0.137. The molecule has 0 aromatic carbocycles. The van der Waals surface area contributed by atoms with Gasteiger partial charge in [-0.25, -0.2) is 4.79 Å². The van der Waals surface area contributed by atoms with Gasteiger partial charge in [0.25, 0.3) is 0 Å². The molecule has 0 aliphatic rings. The van der Waals surface area contributed by atoms with Gasteiger partial charge in [-0.1, -0.05) is 134 Å². The molecule has 0 amide bonds. The summed E-state index contributed by atoms with van der Waals surface area (Å²) < 4.78 is 0. The number of allylic oxidation sites excluding steroid dienone is 3. The van der Waals surface area contributed by atoms with Gasteiger partial charge in [0.05, 0.1) is 0 Å². The summed E-state index contributed by atoms with van der Waals surface area (Å²) in [7, 11) is 0. The summed E-state index contributed by atoms with van der Waals surface area (Å²) in [6, 6.07) is 0. The van der Waals surface area contributed by atoms with Crippen molar-refractivity contribution in [2.45, 2.75) is 180 Å². The molecule has 0 aliphatic carbocycles. The number of unbranched alkanes of at least 4 members (excludes halogenated alkanes) is 24. The zero-order valence-corrected chi connectivity index (χ0v) is 27.1. The lowest BCUT2D eigenvalue weighted by atomic mass is 10.0. The average molecular weight is 597 g/mol. The van der Waals surface area contributed by atoms with Crippen LogP contribution in [-0.4, -0.2) is 45.6 Å². The van der Waals surface area contributed by atoms with Gasteiger partial charge in [0.1, 0.15) is 0 Å². The largest absolute Gasteiger partial charge is 0.481 e. The Morgan fingerprint density at radius 2 is 0.667 bits per heavy atom. The van der Waals surface area contributed by atoms with Crippen LogP contribution in [0.1, 0.15) is 180 Å². The van der Waals surface area contributed by atoms with Crippen molar-refractivity contribution in [3.63, 3.8) is 0 Å². The summed E-state index contributed by atoms with van der Waals surface area (Å²) >= 11 is 0. The minimum Gasteiger partial charge on any atom is -0.481 e. The van der Waals surface area contributed by atoms with Gasteiger partial charge >= 0.3 is 11.9 Å². The lowest BCUT2D eigenvalue weighted by Gasteiger charge is -2.02. The fraction of sp³-hybridized carbons (Fsp3) is 0.833. The first kappa shape index (κ1) is 42.5. The number of aliphatic hydroxyl groups excluding tert-OH is 2. The molecule has 4 N–H and O–H groups in total. The smallest absolute Gasteiger partial charge is 0.327 e. The number of aliphatic hydroxyl groups is 2. The first-order chi connectivity index (χ1) is 20.5. The monoisotopic (exact) mass is 597 g/mol. The molecule has 0 aromatic rings. The van der Waals surface area contributed by atoms with Crippen LogP contribution >= 0.6 is 0 Å². The Morgan fingerprint density at radius 1 is 0.381 bits per heavy atom. The zero-order chi connectivity index (χ0) is 31.2. The number of hydrogen-bond acceptors (Lipinski definition) is 4. The van der Waals surface area contributed by atoms with Crippen molar-refractivity contribution in [1.82, 2.24) is 0 Å². The van der Waals surface area contributed by atoms with Crippen LogP contribution in [0.3, 0.4) is 0 Å². The quantitative estimate of drug-likeness (QED) is 0.0349. The highest BCUT2D eigenvalue weighted by molar-refractivity contribution is 5.79. The van der Waals surface area contributed by atoms with Crippen molar-refractivity contribution in [2.75, 3.05) is 13.2 Å². The standard InChI is InChI=1S/2C18H34O3/c2*19-17-15-13-11-9-7-5-3-1-2-4-6-8-10-12-14-16-18(20)21/h14,16,19H,1-13,15,17H2,(H,20,21);1-2,19H,3-17H2,(H,20,21)/b16-14+;. The summed E-state index contributed by atoms with van der Waals surface area (Å²) in [5.41, 5.74) is 0. The van der Waals surface area contributed by atoms with Crippen molar-refractivity contribution in [2.24, 2.45) is 0 Å². The molecule has 6 nitrogen and oxygen atoms in total. The molecular formula is C36H68O6. The molecule has 0 atom stereocenters. The van der Waals surface area contributed by atoms with E-state index in [1.807, 2.05) is 0 Å². The maximum Gasteiger partial charge on any atom is 0.327 e. The fourth-order valence-corrected chi connectivity index (χ4v) is 4.89. The molecule has 0 aromatic heterocycles. The van der Waals surface area contributed by atoms with Gasteiger partial charge in [-0.2, -0.15) is 0 Å². The second-order valence-corrected chi connectivity index (χ2v) is 11.7. The Labute approximate surface area is 259 Å². The molecular weight excluding hydrogens is 528 g/mol. The van der Waals surface area contributed by atoms with Crippen molar-refractivity contribution in [1.29, 1.82) is 0 Å². The third kappa shape index (κ3) is 45.3. The van der Waals surface area contributed by atoms with Crippen molar-refractivity contribution < 1.29 is 30.0 Å². The molecule has 6 heteroatoms. The lowest BCUT2D eigenvalue weighted by Crippen LogP contribution is -1.93. The van der Waals surface area contributed by atoms with E-state index in [1.54, 1.807) is 6.08 Å². The predicted octanol–water partition coefficient (Wildman–Crippen LogP) is 10.2. The van der Waals surface area contributed by atoms with E-state index in [1.165, 1.54) is 128 Å². The molecule has 0 bridgehead atoms. The van der Waals surface area contributed by atoms with E-state index >= 15 is 0 Å². The van der Waals surface area contributed by atoms with Crippen LogP contribution in [0, 0.1) is 0 Å².